The summed E-state index contributed by atoms with van der Waals surface area (Å²) < 4.78 is 5.37. The Kier molecular flexibility index (Phi) is 4.10. The van der Waals surface area contributed by atoms with E-state index < -0.39 is 0 Å². The van der Waals surface area contributed by atoms with Gasteiger partial charge in [0.25, 0.3) is 0 Å². The standard InChI is InChI=1S/C22H30O3/c1-13(12-23)18-6-7-19-16-5-4-14-10-20(24)21(25-3)11-17(14)15(16)8-9-22(18,19)2/h6,10-11,13,15-16,19,23-24H,4-5,7-9,12H2,1-3H3/t13-,15+,16-,19+,22-/m1/s1. The van der Waals surface area contributed by atoms with Crippen molar-refractivity contribution in [3.8, 4) is 11.5 Å². The van der Waals surface area contributed by atoms with Crippen molar-refractivity contribution in [1.82, 2.24) is 0 Å². The van der Waals surface area contributed by atoms with Gasteiger partial charge >= 0.3 is 0 Å². The topological polar surface area (TPSA) is 49.7 Å². The summed E-state index contributed by atoms with van der Waals surface area (Å²) in [7, 11) is 1.63. The van der Waals surface area contributed by atoms with Gasteiger partial charge in [0.1, 0.15) is 0 Å². The predicted molar refractivity (Wildman–Crippen MR) is 99.0 cm³/mol. The number of aromatic hydroxyl groups is 1. The third-order valence-corrected chi connectivity index (χ3v) is 7.47. The van der Waals surface area contributed by atoms with Gasteiger partial charge in [-0.15, -0.1) is 0 Å². The Hall–Kier alpha value is -1.48. The van der Waals surface area contributed by atoms with Crippen LogP contribution in [0.4, 0.5) is 0 Å². The molecule has 1 fully saturated rings. The fourth-order valence-electron chi connectivity index (χ4n) is 6.21. The summed E-state index contributed by atoms with van der Waals surface area (Å²) in [6, 6.07) is 4.01. The minimum atomic E-state index is 0.252. The van der Waals surface area contributed by atoms with E-state index in [0.717, 1.165) is 12.8 Å². The van der Waals surface area contributed by atoms with Crippen molar-refractivity contribution in [3.05, 3.63) is 34.9 Å². The number of phenolic OH excluding ortho intramolecular Hbond substituents is 1. The average molecular weight is 342 g/mol. The van der Waals surface area contributed by atoms with Crippen LogP contribution in [0.1, 0.15) is 56.6 Å². The largest absolute Gasteiger partial charge is 0.504 e. The average Bonchev–Trinajstić information content (AvgIpc) is 2.97. The van der Waals surface area contributed by atoms with Crippen LogP contribution in [0.5, 0.6) is 11.5 Å². The summed E-state index contributed by atoms with van der Waals surface area (Å²) in [5.41, 5.74) is 4.45. The zero-order valence-corrected chi connectivity index (χ0v) is 15.6. The highest BCUT2D eigenvalue weighted by molar-refractivity contribution is 5.49. The fraction of sp³-hybridized carbons (Fsp3) is 0.636. The highest BCUT2D eigenvalue weighted by Crippen LogP contribution is 2.62. The quantitative estimate of drug-likeness (QED) is 0.799. The van der Waals surface area contributed by atoms with Crippen LogP contribution in [0.15, 0.2) is 23.8 Å². The number of rotatable bonds is 3. The van der Waals surface area contributed by atoms with Gasteiger partial charge in [0.2, 0.25) is 0 Å². The van der Waals surface area contributed by atoms with E-state index in [1.54, 1.807) is 7.11 Å². The van der Waals surface area contributed by atoms with Crippen molar-refractivity contribution in [2.24, 2.45) is 23.2 Å². The Morgan fingerprint density at radius 2 is 2.12 bits per heavy atom. The summed E-state index contributed by atoms with van der Waals surface area (Å²) >= 11 is 0. The van der Waals surface area contributed by atoms with Crippen LogP contribution in [-0.4, -0.2) is 23.9 Å². The van der Waals surface area contributed by atoms with E-state index in [1.165, 1.54) is 36.0 Å². The van der Waals surface area contributed by atoms with Gasteiger partial charge in [-0.05, 0) is 78.5 Å². The lowest BCUT2D eigenvalue weighted by Gasteiger charge is -2.51. The van der Waals surface area contributed by atoms with E-state index in [4.69, 9.17) is 4.74 Å². The molecule has 0 radical (unpaired) electrons. The van der Waals surface area contributed by atoms with Crippen LogP contribution in [0.2, 0.25) is 0 Å². The van der Waals surface area contributed by atoms with Gasteiger partial charge in [-0.2, -0.15) is 0 Å². The molecule has 3 aliphatic rings. The lowest BCUT2D eigenvalue weighted by Crippen LogP contribution is -2.42. The second kappa shape index (κ2) is 6.05. The zero-order chi connectivity index (χ0) is 17.8. The SMILES string of the molecule is COc1cc2c(cc1O)CC[C@@H]1[C@@H]2CC[C@]2(C)C([C@H](C)CO)=CC[C@@H]12. The number of aryl methyl sites for hydroxylation is 1. The Morgan fingerprint density at radius 1 is 1.32 bits per heavy atom. The van der Waals surface area contributed by atoms with Gasteiger partial charge in [0.15, 0.2) is 11.5 Å². The summed E-state index contributed by atoms with van der Waals surface area (Å²) in [6.07, 6.45) is 8.22. The van der Waals surface area contributed by atoms with Crippen molar-refractivity contribution in [1.29, 1.82) is 0 Å². The molecule has 1 aromatic rings. The number of benzene rings is 1. The molecule has 0 saturated heterocycles. The number of hydrogen-bond acceptors (Lipinski definition) is 3. The van der Waals surface area contributed by atoms with Crippen molar-refractivity contribution >= 4 is 0 Å². The third kappa shape index (κ3) is 2.43. The first-order valence-electron chi connectivity index (χ1n) is 9.70. The Balaban J connectivity index is 1.67. The maximum absolute atomic E-state index is 10.1. The predicted octanol–water partition coefficient (Wildman–Crippen LogP) is 4.42. The van der Waals surface area contributed by atoms with Crippen LogP contribution in [0.25, 0.3) is 0 Å². The number of aliphatic hydroxyl groups excluding tert-OH is 1. The molecule has 1 saturated carbocycles. The van der Waals surface area contributed by atoms with E-state index in [0.29, 0.717) is 23.5 Å². The number of fused-ring (bicyclic) bond motifs is 5. The smallest absolute Gasteiger partial charge is 0.160 e. The third-order valence-electron chi connectivity index (χ3n) is 7.47. The molecule has 136 valence electrons. The van der Waals surface area contributed by atoms with E-state index in [-0.39, 0.29) is 23.7 Å². The molecular weight excluding hydrogens is 312 g/mol. The Morgan fingerprint density at radius 3 is 2.84 bits per heavy atom. The summed E-state index contributed by atoms with van der Waals surface area (Å²) in [6.45, 7) is 4.85. The molecule has 0 heterocycles. The highest BCUT2D eigenvalue weighted by atomic mass is 16.5. The van der Waals surface area contributed by atoms with Gasteiger partial charge in [-0.3, -0.25) is 0 Å². The minimum absolute atomic E-state index is 0.252. The number of ether oxygens (including phenoxy) is 1. The van der Waals surface area contributed by atoms with Crippen molar-refractivity contribution < 1.29 is 14.9 Å². The fourth-order valence-corrected chi connectivity index (χ4v) is 6.21. The van der Waals surface area contributed by atoms with Crippen molar-refractivity contribution in [3.63, 3.8) is 0 Å². The summed E-state index contributed by atoms with van der Waals surface area (Å²) in [5, 5.41) is 19.8. The molecule has 0 aliphatic heterocycles. The maximum atomic E-state index is 10.1. The Labute approximate surface area is 150 Å². The lowest BCUT2D eigenvalue weighted by atomic mass is 9.53. The monoisotopic (exact) mass is 342 g/mol. The van der Waals surface area contributed by atoms with E-state index in [1.807, 2.05) is 6.07 Å². The molecule has 3 nitrogen and oxygen atoms in total. The Bertz CT molecular complexity index is 707. The minimum Gasteiger partial charge on any atom is -0.504 e. The van der Waals surface area contributed by atoms with Crippen molar-refractivity contribution in [2.75, 3.05) is 13.7 Å². The summed E-state index contributed by atoms with van der Waals surface area (Å²) in [4.78, 5) is 0. The molecule has 0 bridgehead atoms. The molecule has 3 heteroatoms. The van der Waals surface area contributed by atoms with Gasteiger partial charge in [0, 0.05) is 12.5 Å². The highest BCUT2D eigenvalue weighted by Gasteiger charge is 2.52. The molecule has 25 heavy (non-hydrogen) atoms. The van der Waals surface area contributed by atoms with Crippen molar-refractivity contribution in [2.45, 2.75) is 51.9 Å². The molecule has 0 spiro atoms. The summed E-state index contributed by atoms with van der Waals surface area (Å²) in [5.74, 6) is 3.10. The second-order valence-corrected chi connectivity index (χ2v) is 8.57. The molecular formula is C22H30O3. The molecule has 3 aliphatic carbocycles. The van der Waals surface area contributed by atoms with Crippen LogP contribution in [0, 0.1) is 23.2 Å². The molecule has 5 atom stereocenters. The lowest BCUT2D eigenvalue weighted by molar-refractivity contribution is 0.0654. The number of methoxy groups -OCH3 is 1. The van der Waals surface area contributed by atoms with Gasteiger partial charge in [-0.25, -0.2) is 0 Å². The number of phenols is 1. The molecule has 4 rings (SSSR count). The number of allylic oxidation sites excluding steroid dienone is 1. The molecule has 2 N–H and O–H groups in total. The molecule has 1 aromatic carbocycles. The number of hydrogen-bond donors (Lipinski definition) is 2. The van der Waals surface area contributed by atoms with Crippen LogP contribution < -0.4 is 4.74 Å². The van der Waals surface area contributed by atoms with E-state index in [2.05, 4.69) is 26.0 Å². The molecule has 0 unspecified atom stereocenters. The van der Waals surface area contributed by atoms with Gasteiger partial charge in [0.05, 0.1) is 7.11 Å². The van der Waals surface area contributed by atoms with Crippen LogP contribution in [-0.2, 0) is 6.42 Å². The zero-order valence-electron chi connectivity index (χ0n) is 15.6. The van der Waals surface area contributed by atoms with Crippen LogP contribution >= 0.6 is 0 Å². The molecule has 0 aromatic heterocycles. The van der Waals surface area contributed by atoms with E-state index in [9.17, 15) is 10.2 Å². The first-order chi connectivity index (χ1) is 12.0. The molecule has 0 amide bonds. The number of aliphatic hydroxyl groups is 1. The normalized spacial score (nSPS) is 34.6. The first-order valence-corrected chi connectivity index (χ1v) is 9.70. The second-order valence-electron chi connectivity index (χ2n) is 8.57. The maximum Gasteiger partial charge on any atom is 0.160 e. The van der Waals surface area contributed by atoms with Gasteiger partial charge in [-0.1, -0.05) is 25.5 Å². The van der Waals surface area contributed by atoms with E-state index >= 15 is 0 Å². The first kappa shape index (κ1) is 17.0. The van der Waals surface area contributed by atoms with Crippen LogP contribution in [0.3, 0.4) is 0 Å². The van der Waals surface area contributed by atoms with Gasteiger partial charge < -0.3 is 14.9 Å².